The molecule has 0 aliphatic rings. The van der Waals surface area contributed by atoms with Gasteiger partial charge in [-0.15, -0.1) is 0 Å². The molecule has 0 saturated carbocycles. The molecule has 1 heterocycles. The van der Waals surface area contributed by atoms with Gasteiger partial charge in [0.2, 0.25) is 0 Å². The van der Waals surface area contributed by atoms with Crippen molar-refractivity contribution in [2.45, 2.75) is 6.92 Å². The third-order valence-corrected chi connectivity index (χ3v) is 2.55. The molecule has 0 amide bonds. The predicted molar refractivity (Wildman–Crippen MR) is 75.2 cm³/mol. The molecule has 0 bridgehead atoms. The molecule has 1 aromatic heterocycles. The number of nitrogens with zero attached hydrogens (tertiary/aromatic N) is 1. The van der Waals surface area contributed by atoms with E-state index in [2.05, 4.69) is 15.6 Å². The van der Waals surface area contributed by atoms with Gasteiger partial charge in [0, 0.05) is 11.9 Å². The minimum absolute atomic E-state index is 0.260. The molecule has 0 aliphatic carbocycles. The summed E-state index contributed by atoms with van der Waals surface area (Å²) in [6, 6.07) is 8.53. The van der Waals surface area contributed by atoms with Crippen LogP contribution >= 0.6 is 12.2 Å². The third-order valence-electron chi connectivity index (χ3n) is 2.35. The fourth-order valence-corrected chi connectivity index (χ4v) is 1.64. The molecule has 92 valence electrons. The maximum atomic E-state index is 13.3. The van der Waals surface area contributed by atoms with E-state index in [1.54, 1.807) is 37.5 Å². The molecule has 0 unspecified atom stereocenters. The van der Waals surface area contributed by atoms with E-state index < -0.39 is 0 Å². The number of rotatable bonds is 2. The second-order valence-corrected chi connectivity index (χ2v) is 4.19. The lowest BCUT2D eigenvalue weighted by Crippen LogP contribution is -2.19. The van der Waals surface area contributed by atoms with E-state index in [4.69, 9.17) is 12.2 Å². The van der Waals surface area contributed by atoms with Gasteiger partial charge in [0.05, 0.1) is 11.9 Å². The number of anilines is 2. The van der Waals surface area contributed by atoms with Crippen LogP contribution in [0.15, 0.2) is 42.7 Å². The van der Waals surface area contributed by atoms with E-state index >= 15 is 0 Å². The normalized spacial score (nSPS) is 9.89. The Bertz CT molecular complexity index is 557. The Kier molecular flexibility index (Phi) is 3.84. The molecule has 0 aliphatic heterocycles. The Balaban J connectivity index is 2.01. The van der Waals surface area contributed by atoms with Crippen LogP contribution in [0.1, 0.15) is 5.56 Å². The highest BCUT2D eigenvalue weighted by Crippen LogP contribution is 2.14. The minimum atomic E-state index is -0.260. The summed E-state index contributed by atoms with van der Waals surface area (Å²) in [6.07, 6.45) is 3.33. The van der Waals surface area contributed by atoms with E-state index in [1.807, 2.05) is 6.07 Å². The Morgan fingerprint density at radius 3 is 2.67 bits per heavy atom. The summed E-state index contributed by atoms with van der Waals surface area (Å²) >= 11 is 5.12. The van der Waals surface area contributed by atoms with Crippen LogP contribution in [-0.4, -0.2) is 10.1 Å². The predicted octanol–water partition coefficient (Wildman–Crippen LogP) is 3.34. The fraction of sp³-hybridized carbons (Fsp3) is 0.0769. The number of aryl methyl sites for hydroxylation is 1. The van der Waals surface area contributed by atoms with Gasteiger partial charge in [0.1, 0.15) is 5.82 Å². The van der Waals surface area contributed by atoms with Gasteiger partial charge >= 0.3 is 0 Å². The zero-order chi connectivity index (χ0) is 13.0. The molecule has 0 spiro atoms. The lowest BCUT2D eigenvalue weighted by molar-refractivity contribution is 0.619. The summed E-state index contributed by atoms with van der Waals surface area (Å²) in [6.45, 7) is 1.71. The first-order valence-corrected chi connectivity index (χ1v) is 5.80. The Labute approximate surface area is 110 Å². The van der Waals surface area contributed by atoms with Crippen molar-refractivity contribution in [2.24, 2.45) is 0 Å². The van der Waals surface area contributed by atoms with Crippen molar-refractivity contribution >= 4 is 28.7 Å². The van der Waals surface area contributed by atoms with E-state index in [1.165, 1.54) is 6.07 Å². The Morgan fingerprint density at radius 1 is 1.22 bits per heavy atom. The highest BCUT2D eigenvalue weighted by molar-refractivity contribution is 7.80. The summed E-state index contributed by atoms with van der Waals surface area (Å²) in [4.78, 5) is 3.96. The number of aromatic nitrogens is 1. The van der Waals surface area contributed by atoms with Gasteiger partial charge in [-0.05, 0) is 49.0 Å². The third kappa shape index (κ3) is 3.24. The molecule has 0 radical (unpaired) electrons. The van der Waals surface area contributed by atoms with E-state index in [0.29, 0.717) is 16.4 Å². The summed E-state index contributed by atoms with van der Waals surface area (Å²) in [7, 11) is 0. The average Bonchev–Trinajstić information content (AvgIpc) is 2.35. The molecule has 0 fully saturated rings. The Hall–Kier alpha value is -2.01. The molecular formula is C13H12FN3S. The van der Waals surface area contributed by atoms with Gasteiger partial charge < -0.3 is 10.6 Å². The molecule has 5 heteroatoms. The SMILES string of the molecule is Cc1ccc(NC(=S)Nc2cccnc2)cc1F. The molecule has 0 saturated heterocycles. The molecule has 0 atom stereocenters. The number of hydrogen-bond acceptors (Lipinski definition) is 2. The largest absolute Gasteiger partial charge is 0.332 e. The number of benzene rings is 1. The van der Waals surface area contributed by atoms with Crippen molar-refractivity contribution in [2.75, 3.05) is 10.6 Å². The van der Waals surface area contributed by atoms with Crippen molar-refractivity contribution in [1.29, 1.82) is 0 Å². The van der Waals surface area contributed by atoms with Crippen LogP contribution in [-0.2, 0) is 0 Å². The fourth-order valence-electron chi connectivity index (χ4n) is 1.40. The molecule has 18 heavy (non-hydrogen) atoms. The van der Waals surface area contributed by atoms with Gasteiger partial charge in [-0.25, -0.2) is 4.39 Å². The lowest BCUT2D eigenvalue weighted by atomic mass is 10.2. The van der Waals surface area contributed by atoms with Gasteiger partial charge in [-0.2, -0.15) is 0 Å². The van der Waals surface area contributed by atoms with E-state index in [9.17, 15) is 4.39 Å². The number of thiocarbonyl (C=S) groups is 1. The molecular weight excluding hydrogens is 249 g/mol. The van der Waals surface area contributed by atoms with Gasteiger partial charge in [0.15, 0.2) is 5.11 Å². The minimum Gasteiger partial charge on any atom is -0.332 e. The second-order valence-electron chi connectivity index (χ2n) is 3.78. The molecule has 3 nitrogen and oxygen atoms in total. The van der Waals surface area contributed by atoms with E-state index in [0.717, 1.165) is 5.69 Å². The molecule has 1 aromatic carbocycles. The van der Waals surface area contributed by atoms with Crippen molar-refractivity contribution < 1.29 is 4.39 Å². The highest BCUT2D eigenvalue weighted by atomic mass is 32.1. The van der Waals surface area contributed by atoms with E-state index in [-0.39, 0.29) is 5.82 Å². The smallest absolute Gasteiger partial charge is 0.175 e. The van der Waals surface area contributed by atoms with Gasteiger partial charge in [-0.1, -0.05) is 6.07 Å². The second kappa shape index (κ2) is 5.55. The first kappa shape index (κ1) is 12.4. The van der Waals surface area contributed by atoms with Crippen LogP contribution in [0.25, 0.3) is 0 Å². The average molecular weight is 261 g/mol. The van der Waals surface area contributed by atoms with Crippen LogP contribution in [0.3, 0.4) is 0 Å². The highest BCUT2D eigenvalue weighted by Gasteiger charge is 2.02. The quantitative estimate of drug-likeness (QED) is 0.813. The molecule has 2 rings (SSSR count). The summed E-state index contributed by atoms with van der Waals surface area (Å²) in [5, 5.41) is 6.27. The summed E-state index contributed by atoms with van der Waals surface area (Å²) in [5.74, 6) is -0.260. The van der Waals surface area contributed by atoms with Crippen LogP contribution in [0, 0.1) is 12.7 Å². The van der Waals surface area contributed by atoms with Crippen LogP contribution < -0.4 is 10.6 Å². The number of hydrogen-bond donors (Lipinski definition) is 2. The number of halogens is 1. The first-order valence-electron chi connectivity index (χ1n) is 5.39. The zero-order valence-corrected chi connectivity index (χ0v) is 10.6. The van der Waals surface area contributed by atoms with Gasteiger partial charge in [-0.3, -0.25) is 4.98 Å². The molecule has 2 aromatic rings. The van der Waals surface area contributed by atoms with Crippen LogP contribution in [0.4, 0.5) is 15.8 Å². The van der Waals surface area contributed by atoms with Crippen molar-refractivity contribution in [3.63, 3.8) is 0 Å². The topological polar surface area (TPSA) is 37.0 Å². The summed E-state index contributed by atoms with van der Waals surface area (Å²) in [5.41, 5.74) is 1.99. The Morgan fingerprint density at radius 2 is 2.00 bits per heavy atom. The van der Waals surface area contributed by atoms with Crippen LogP contribution in [0.5, 0.6) is 0 Å². The van der Waals surface area contributed by atoms with Crippen molar-refractivity contribution in [3.8, 4) is 0 Å². The molecule has 2 N–H and O–H groups in total. The maximum Gasteiger partial charge on any atom is 0.175 e. The number of nitrogens with one attached hydrogen (secondary N) is 2. The van der Waals surface area contributed by atoms with Gasteiger partial charge in [0.25, 0.3) is 0 Å². The van der Waals surface area contributed by atoms with Crippen molar-refractivity contribution in [3.05, 3.63) is 54.1 Å². The monoisotopic (exact) mass is 261 g/mol. The summed E-state index contributed by atoms with van der Waals surface area (Å²) < 4.78 is 13.3. The van der Waals surface area contributed by atoms with Crippen LogP contribution in [0.2, 0.25) is 0 Å². The first-order chi connectivity index (χ1) is 8.65. The number of pyridine rings is 1. The zero-order valence-electron chi connectivity index (χ0n) is 9.77. The maximum absolute atomic E-state index is 13.3. The standard InChI is InChI=1S/C13H12FN3S/c1-9-4-5-10(7-12(9)14)16-13(18)17-11-3-2-6-15-8-11/h2-8H,1H3,(H2,16,17,18). The van der Waals surface area contributed by atoms with Crippen molar-refractivity contribution in [1.82, 2.24) is 4.98 Å². The lowest BCUT2D eigenvalue weighted by Gasteiger charge is -2.10.